The Morgan fingerprint density at radius 3 is 2.35 bits per heavy atom. The molecular weight excluding hydrogens is 252 g/mol. The number of aliphatic carboxylic acids is 1. The molecule has 4 nitrogen and oxygen atoms in total. The van der Waals surface area contributed by atoms with Crippen LogP contribution in [0.2, 0.25) is 0 Å². The molecule has 2 aliphatic heterocycles. The van der Waals surface area contributed by atoms with Crippen LogP contribution in [0.3, 0.4) is 0 Å². The summed E-state index contributed by atoms with van der Waals surface area (Å²) in [5.41, 5.74) is 1.30. The van der Waals surface area contributed by atoms with Crippen LogP contribution < -0.4 is 4.90 Å². The average Bonchev–Trinajstić information content (AvgIpc) is 2.98. The summed E-state index contributed by atoms with van der Waals surface area (Å²) < 4.78 is 0. The van der Waals surface area contributed by atoms with Gasteiger partial charge in [-0.15, -0.1) is 0 Å². The van der Waals surface area contributed by atoms with Crippen molar-refractivity contribution < 1.29 is 9.90 Å². The van der Waals surface area contributed by atoms with E-state index in [0.717, 1.165) is 45.4 Å². The number of rotatable bonds is 3. The van der Waals surface area contributed by atoms with Crippen molar-refractivity contribution in [2.45, 2.75) is 25.3 Å². The number of nitrogens with zero attached hydrogens (tertiary/aromatic N) is 2. The Morgan fingerprint density at radius 2 is 1.75 bits per heavy atom. The van der Waals surface area contributed by atoms with Crippen molar-refractivity contribution >= 4 is 11.7 Å². The van der Waals surface area contributed by atoms with E-state index in [9.17, 15) is 4.79 Å². The van der Waals surface area contributed by atoms with Gasteiger partial charge in [-0.3, -0.25) is 9.69 Å². The van der Waals surface area contributed by atoms with Gasteiger partial charge >= 0.3 is 5.97 Å². The van der Waals surface area contributed by atoms with Crippen LogP contribution in [0.25, 0.3) is 0 Å². The zero-order valence-corrected chi connectivity index (χ0v) is 11.7. The molecule has 2 heterocycles. The lowest BCUT2D eigenvalue weighted by atomic mass is 10.0. The SMILES string of the molecule is O=C(O)C1CCN(C2CCN(c3ccccc3)CC2)C1. The maximum Gasteiger partial charge on any atom is 0.307 e. The Bertz CT molecular complexity index is 455. The van der Waals surface area contributed by atoms with Crippen LogP contribution in [0.1, 0.15) is 19.3 Å². The van der Waals surface area contributed by atoms with Crippen LogP contribution in [0.5, 0.6) is 0 Å². The van der Waals surface area contributed by atoms with Crippen LogP contribution in [0.4, 0.5) is 5.69 Å². The fourth-order valence-electron chi connectivity index (χ4n) is 3.45. The molecule has 1 aromatic rings. The summed E-state index contributed by atoms with van der Waals surface area (Å²) in [5.74, 6) is -0.781. The molecule has 20 heavy (non-hydrogen) atoms. The number of hydrogen-bond donors (Lipinski definition) is 1. The second-order valence-electron chi connectivity index (χ2n) is 5.87. The Balaban J connectivity index is 1.53. The molecule has 108 valence electrons. The van der Waals surface area contributed by atoms with E-state index in [-0.39, 0.29) is 5.92 Å². The molecule has 1 aromatic carbocycles. The van der Waals surface area contributed by atoms with Gasteiger partial charge in [-0.1, -0.05) is 18.2 Å². The number of carbonyl (C=O) groups is 1. The number of piperidine rings is 1. The van der Waals surface area contributed by atoms with Gasteiger partial charge < -0.3 is 10.0 Å². The molecule has 2 saturated heterocycles. The lowest BCUT2D eigenvalue weighted by Crippen LogP contribution is -2.44. The smallest absolute Gasteiger partial charge is 0.307 e. The third-order valence-electron chi connectivity index (χ3n) is 4.67. The molecule has 0 saturated carbocycles. The summed E-state index contributed by atoms with van der Waals surface area (Å²) in [5, 5.41) is 9.09. The van der Waals surface area contributed by atoms with Gasteiger partial charge in [0, 0.05) is 31.4 Å². The molecule has 0 spiro atoms. The number of benzene rings is 1. The molecule has 0 bridgehead atoms. The number of para-hydroxylation sites is 1. The first-order valence-corrected chi connectivity index (χ1v) is 7.51. The summed E-state index contributed by atoms with van der Waals surface area (Å²) >= 11 is 0. The van der Waals surface area contributed by atoms with E-state index in [0.29, 0.717) is 6.04 Å². The molecule has 4 heteroatoms. The Kier molecular flexibility index (Phi) is 3.92. The van der Waals surface area contributed by atoms with Crippen molar-refractivity contribution in [3.05, 3.63) is 30.3 Å². The van der Waals surface area contributed by atoms with Crippen molar-refractivity contribution in [3.8, 4) is 0 Å². The van der Waals surface area contributed by atoms with E-state index in [2.05, 4.69) is 34.1 Å². The second-order valence-corrected chi connectivity index (χ2v) is 5.87. The minimum atomic E-state index is -0.630. The lowest BCUT2D eigenvalue weighted by Gasteiger charge is -2.37. The number of hydrogen-bond acceptors (Lipinski definition) is 3. The van der Waals surface area contributed by atoms with E-state index in [1.165, 1.54) is 5.69 Å². The highest BCUT2D eigenvalue weighted by Gasteiger charge is 2.33. The van der Waals surface area contributed by atoms with Gasteiger partial charge in [-0.25, -0.2) is 0 Å². The van der Waals surface area contributed by atoms with Crippen LogP contribution in [0, 0.1) is 5.92 Å². The molecule has 2 fully saturated rings. The summed E-state index contributed by atoms with van der Waals surface area (Å²) in [6.45, 7) is 3.84. The van der Waals surface area contributed by atoms with E-state index >= 15 is 0 Å². The zero-order valence-electron chi connectivity index (χ0n) is 11.7. The minimum Gasteiger partial charge on any atom is -0.481 e. The van der Waals surface area contributed by atoms with E-state index in [1.54, 1.807) is 0 Å². The van der Waals surface area contributed by atoms with E-state index in [1.807, 2.05) is 6.07 Å². The molecule has 2 aliphatic rings. The first-order valence-electron chi connectivity index (χ1n) is 7.51. The predicted molar refractivity (Wildman–Crippen MR) is 79.0 cm³/mol. The highest BCUT2D eigenvalue weighted by atomic mass is 16.4. The lowest BCUT2D eigenvalue weighted by molar-refractivity contribution is -0.141. The van der Waals surface area contributed by atoms with Crippen molar-refractivity contribution in [1.82, 2.24) is 4.90 Å². The standard InChI is InChI=1S/C16H22N2O2/c19-16(20)13-6-9-18(12-13)15-7-10-17(11-8-15)14-4-2-1-3-5-14/h1-5,13,15H,6-12H2,(H,19,20). The molecular formula is C16H22N2O2. The zero-order chi connectivity index (χ0) is 13.9. The van der Waals surface area contributed by atoms with Crippen LogP contribution >= 0.6 is 0 Å². The van der Waals surface area contributed by atoms with E-state index < -0.39 is 5.97 Å². The summed E-state index contributed by atoms with van der Waals surface area (Å²) in [4.78, 5) is 15.9. The maximum atomic E-state index is 11.0. The molecule has 0 aromatic heterocycles. The summed E-state index contributed by atoms with van der Waals surface area (Å²) in [7, 11) is 0. The third kappa shape index (κ3) is 2.80. The summed E-state index contributed by atoms with van der Waals surface area (Å²) in [6, 6.07) is 11.1. The van der Waals surface area contributed by atoms with Gasteiger partial charge in [0.05, 0.1) is 5.92 Å². The van der Waals surface area contributed by atoms with Crippen molar-refractivity contribution in [1.29, 1.82) is 0 Å². The number of anilines is 1. The monoisotopic (exact) mass is 274 g/mol. The van der Waals surface area contributed by atoms with Gasteiger partial charge in [-0.05, 0) is 37.9 Å². The Labute approximate surface area is 120 Å². The number of carboxylic acids is 1. The minimum absolute atomic E-state index is 0.151. The average molecular weight is 274 g/mol. The first kappa shape index (κ1) is 13.4. The van der Waals surface area contributed by atoms with Crippen LogP contribution in [0.15, 0.2) is 30.3 Å². The van der Waals surface area contributed by atoms with Gasteiger partial charge in [0.2, 0.25) is 0 Å². The fraction of sp³-hybridized carbons (Fsp3) is 0.562. The Morgan fingerprint density at radius 1 is 1.05 bits per heavy atom. The first-order chi connectivity index (χ1) is 9.74. The fourth-order valence-corrected chi connectivity index (χ4v) is 3.45. The van der Waals surface area contributed by atoms with Gasteiger partial charge in [0.25, 0.3) is 0 Å². The quantitative estimate of drug-likeness (QED) is 0.916. The number of carboxylic acid groups (broad SMARTS) is 1. The highest BCUT2D eigenvalue weighted by molar-refractivity contribution is 5.70. The highest BCUT2D eigenvalue weighted by Crippen LogP contribution is 2.26. The van der Waals surface area contributed by atoms with E-state index in [4.69, 9.17) is 5.11 Å². The van der Waals surface area contributed by atoms with Crippen molar-refractivity contribution in [2.75, 3.05) is 31.1 Å². The van der Waals surface area contributed by atoms with Crippen molar-refractivity contribution in [2.24, 2.45) is 5.92 Å². The van der Waals surface area contributed by atoms with Gasteiger partial charge in [0.1, 0.15) is 0 Å². The molecule has 0 amide bonds. The normalized spacial score (nSPS) is 25.0. The largest absolute Gasteiger partial charge is 0.481 e. The topological polar surface area (TPSA) is 43.8 Å². The molecule has 1 unspecified atom stereocenters. The van der Waals surface area contributed by atoms with Gasteiger partial charge in [0.15, 0.2) is 0 Å². The molecule has 1 N–H and O–H groups in total. The number of likely N-dealkylation sites (tertiary alicyclic amines) is 1. The van der Waals surface area contributed by atoms with Gasteiger partial charge in [-0.2, -0.15) is 0 Å². The predicted octanol–water partition coefficient (Wildman–Crippen LogP) is 2.06. The molecule has 3 rings (SSSR count). The molecule has 0 aliphatic carbocycles. The second kappa shape index (κ2) is 5.83. The molecule has 0 radical (unpaired) electrons. The van der Waals surface area contributed by atoms with Crippen molar-refractivity contribution in [3.63, 3.8) is 0 Å². The van der Waals surface area contributed by atoms with Crippen LogP contribution in [-0.2, 0) is 4.79 Å². The third-order valence-corrected chi connectivity index (χ3v) is 4.67. The van der Waals surface area contributed by atoms with Crippen LogP contribution in [-0.4, -0.2) is 48.2 Å². The maximum absolute atomic E-state index is 11.0. The summed E-state index contributed by atoms with van der Waals surface area (Å²) in [6.07, 6.45) is 3.09. The Hall–Kier alpha value is -1.55. The molecule has 1 atom stereocenters.